The minimum Gasteiger partial charge on any atom is -0.380 e. The van der Waals surface area contributed by atoms with E-state index in [0.717, 1.165) is 22.4 Å². The highest BCUT2D eigenvalue weighted by Gasteiger charge is 2.29. The van der Waals surface area contributed by atoms with Gasteiger partial charge in [-0.25, -0.2) is 9.97 Å². The van der Waals surface area contributed by atoms with Crippen LogP contribution < -0.4 is 9.80 Å². The zero-order chi connectivity index (χ0) is 18.1. The molecule has 26 heavy (non-hydrogen) atoms. The van der Waals surface area contributed by atoms with Crippen LogP contribution in [0, 0.1) is 0 Å². The van der Waals surface area contributed by atoms with Crippen LogP contribution in [0.5, 0.6) is 0 Å². The highest BCUT2D eigenvalue weighted by atomic mass is 16.5. The van der Waals surface area contributed by atoms with Crippen molar-refractivity contribution in [3.05, 3.63) is 59.7 Å². The molecule has 0 unspecified atom stereocenters. The van der Waals surface area contributed by atoms with Crippen molar-refractivity contribution in [2.75, 3.05) is 37.0 Å². The van der Waals surface area contributed by atoms with Crippen molar-refractivity contribution in [1.82, 2.24) is 9.97 Å². The lowest BCUT2D eigenvalue weighted by Gasteiger charge is -2.33. The summed E-state index contributed by atoms with van der Waals surface area (Å²) in [5.74, 6) is 1.29. The van der Waals surface area contributed by atoms with E-state index < -0.39 is 0 Å². The van der Waals surface area contributed by atoms with E-state index in [-0.39, 0.29) is 5.91 Å². The van der Waals surface area contributed by atoms with Gasteiger partial charge in [0.1, 0.15) is 0 Å². The average molecular weight is 348 g/mol. The summed E-state index contributed by atoms with van der Waals surface area (Å²) in [7, 11) is 3.63. The van der Waals surface area contributed by atoms with Crippen LogP contribution in [-0.2, 0) is 11.3 Å². The first-order chi connectivity index (χ1) is 12.7. The Labute approximate surface area is 152 Å². The smallest absolute Gasteiger partial charge is 0.259 e. The number of carbonyl (C=O) groups is 1. The van der Waals surface area contributed by atoms with E-state index in [1.165, 1.54) is 0 Å². The molecule has 4 rings (SSSR count). The summed E-state index contributed by atoms with van der Waals surface area (Å²) in [4.78, 5) is 26.3. The van der Waals surface area contributed by atoms with Gasteiger partial charge in [-0.15, -0.1) is 0 Å². The van der Waals surface area contributed by atoms with Crippen molar-refractivity contribution in [2.45, 2.75) is 6.61 Å². The molecule has 0 atom stereocenters. The number of amides is 1. The maximum atomic E-state index is 13.1. The van der Waals surface area contributed by atoms with Gasteiger partial charge in [-0.2, -0.15) is 0 Å². The van der Waals surface area contributed by atoms with Crippen LogP contribution in [0.4, 0.5) is 11.6 Å². The number of hydrogen-bond acceptors (Lipinski definition) is 5. The first-order valence-corrected chi connectivity index (χ1v) is 8.55. The summed E-state index contributed by atoms with van der Waals surface area (Å²) in [5, 5.41) is 0. The van der Waals surface area contributed by atoms with Gasteiger partial charge in [-0.1, -0.05) is 24.3 Å². The number of benzene rings is 2. The Balaban J connectivity index is 1.72. The third-order valence-corrected chi connectivity index (χ3v) is 4.57. The van der Waals surface area contributed by atoms with Gasteiger partial charge in [-0.3, -0.25) is 9.69 Å². The number of fused-ring (bicyclic) bond motifs is 2. The van der Waals surface area contributed by atoms with E-state index in [2.05, 4.69) is 0 Å². The number of likely N-dealkylation sites (N-methyl/N-ethyl adjacent to an activating group) is 1. The molecule has 1 amide bonds. The number of aromatic nitrogens is 2. The molecule has 0 saturated carbocycles. The standard InChI is InChI=1S/C20H20N4O2/c1-23-11-12-24(20(25)15-9-7-14(8-10-15)13-26-2)19-18(23)21-16-5-3-4-6-17(16)22-19/h3-10H,11-13H2,1-2H3. The van der Waals surface area contributed by atoms with Crippen molar-refractivity contribution in [2.24, 2.45) is 0 Å². The highest BCUT2D eigenvalue weighted by molar-refractivity contribution is 6.07. The van der Waals surface area contributed by atoms with Gasteiger partial charge >= 0.3 is 0 Å². The minimum absolute atomic E-state index is 0.0621. The lowest BCUT2D eigenvalue weighted by Crippen LogP contribution is -2.43. The Morgan fingerprint density at radius 3 is 2.31 bits per heavy atom. The Kier molecular flexibility index (Phi) is 4.26. The first-order valence-electron chi connectivity index (χ1n) is 8.55. The van der Waals surface area contributed by atoms with E-state index in [9.17, 15) is 4.79 Å². The number of ether oxygens (including phenoxy) is 1. The monoisotopic (exact) mass is 348 g/mol. The summed E-state index contributed by atoms with van der Waals surface area (Å²) in [5.41, 5.74) is 3.29. The molecule has 0 fully saturated rings. The Morgan fingerprint density at radius 2 is 1.65 bits per heavy atom. The second-order valence-electron chi connectivity index (χ2n) is 6.37. The van der Waals surface area contributed by atoms with Crippen LogP contribution in [0.3, 0.4) is 0 Å². The molecule has 0 bridgehead atoms. The molecule has 1 aliphatic rings. The fraction of sp³-hybridized carbons (Fsp3) is 0.250. The third kappa shape index (κ3) is 2.88. The summed E-state index contributed by atoms with van der Waals surface area (Å²) < 4.78 is 5.12. The normalized spacial score (nSPS) is 13.8. The molecule has 0 radical (unpaired) electrons. The second kappa shape index (κ2) is 6.72. The Bertz CT molecular complexity index is 956. The number of nitrogens with zero attached hydrogens (tertiary/aromatic N) is 4. The number of carbonyl (C=O) groups excluding carboxylic acids is 1. The SMILES string of the molecule is COCc1ccc(C(=O)N2CCN(C)c3nc4ccccc4nc32)cc1. The summed E-state index contributed by atoms with van der Waals surface area (Å²) >= 11 is 0. The molecule has 0 spiro atoms. The fourth-order valence-electron chi connectivity index (χ4n) is 3.14. The number of methoxy groups -OCH3 is 1. The van der Waals surface area contributed by atoms with E-state index in [1.807, 2.05) is 60.5 Å². The highest BCUT2D eigenvalue weighted by Crippen LogP contribution is 2.31. The molecule has 132 valence electrons. The minimum atomic E-state index is -0.0621. The molecule has 0 N–H and O–H groups in total. The molecule has 2 heterocycles. The summed E-state index contributed by atoms with van der Waals surface area (Å²) in [6.45, 7) is 1.83. The molecule has 2 aromatic carbocycles. The topological polar surface area (TPSA) is 58.6 Å². The predicted molar refractivity (Wildman–Crippen MR) is 102 cm³/mol. The fourth-order valence-corrected chi connectivity index (χ4v) is 3.14. The lowest BCUT2D eigenvalue weighted by atomic mass is 10.1. The van der Waals surface area contributed by atoms with Crippen LogP contribution in [0.2, 0.25) is 0 Å². The Hall–Kier alpha value is -2.99. The molecular formula is C20H20N4O2. The van der Waals surface area contributed by atoms with Crippen LogP contribution in [0.1, 0.15) is 15.9 Å². The number of rotatable bonds is 3. The zero-order valence-electron chi connectivity index (χ0n) is 14.8. The maximum Gasteiger partial charge on any atom is 0.259 e. The van der Waals surface area contributed by atoms with Crippen LogP contribution in [0.15, 0.2) is 48.5 Å². The van der Waals surface area contributed by atoms with Gasteiger partial charge in [0.15, 0.2) is 11.6 Å². The first kappa shape index (κ1) is 16.5. The number of hydrogen-bond donors (Lipinski definition) is 0. The summed E-state index contributed by atoms with van der Waals surface area (Å²) in [6.07, 6.45) is 0. The predicted octanol–water partition coefficient (Wildman–Crippen LogP) is 2.87. The van der Waals surface area contributed by atoms with E-state index in [1.54, 1.807) is 12.0 Å². The van der Waals surface area contributed by atoms with E-state index in [0.29, 0.717) is 31.1 Å². The van der Waals surface area contributed by atoms with E-state index >= 15 is 0 Å². The quantitative estimate of drug-likeness (QED) is 0.728. The largest absolute Gasteiger partial charge is 0.380 e. The van der Waals surface area contributed by atoms with Crippen molar-refractivity contribution in [3.8, 4) is 0 Å². The average Bonchev–Trinajstić information content (AvgIpc) is 2.67. The lowest BCUT2D eigenvalue weighted by molar-refractivity contribution is 0.0985. The molecular weight excluding hydrogens is 328 g/mol. The molecule has 1 aliphatic heterocycles. The van der Waals surface area contributed by atoms with Gasteiger partial charge in [0.05, 0.1) is 17.6 Å². The molecule has 0 saturated heterocycles. The van der Waals surface area contributed by atoms with Crippen LogP contribution in [0.25, 0.3) is 11.0 Å². The van der Waals surface area contributed by atoms with Crippen molar-refractivity contribution in [3.63, 3.8) is 0 Å². The van der Waals surface area contributed by atoms with E-state index in [4.69, 9.17) is 14.7 Å². The van der Waals surface area contributed by atoms with Gasteiger partial charge in [-0.05, 0) is 29.8 Å². The number of anilines is 2. The second-order valence-corrected chi connectivity index (χ2v) is 6.37. The van der Waals surface area contributed by atoms with Gasteiger partial charge in [0, 0.05) is 32.8 Å². The van der Waals surface area contributed by atoms with Crippen LogP contribution >= 0.6 is 0 Å². The Morgan fingerprint density at radius 1 is 1.00 bits per heavy atom. The molecule has 6 nitrogen and oxygen atoms in total. The van der Waals surface area contributed by atoms with Gasteiger partial charge in [0.25, 0.3) is 5.91 Å². The molecule has 0 aliphatic carbocycles. The van der Waals surface area contributed by atoms with Crippen molar-refractivity contribution >= 4 is 28.6 Å². The molecule has 6 heteroatoms. The van der Waals surface area contributed by atoms with Gasteiger partial charge in [0.2, 0.25) is 0 Å². The maximum absolute atomic E-state index is 13.1. The summed E-state index contributed by atoms with van der Waals surface area (Å²) in [6, 6.07) is 15.2. The number of para-hydroxylation sites is 2. The molecule has 3 aromatic rings. The van der Waals surface area contributed by atoms with Gasteiger partial charge < -0.3 is 9.64 Å². The van der Waals surface area contributed by atoms with Crippen molar-refractivity contribution < 1.29 is 9.53 Å². The van der Waals surface area contributed by atoms with Crippen LogP contribution in [-0.4, -0.2) is 43.1 Å². The van der Waals surface area contributed by atoms with Crippen molar-refractivity contribution in [1.29, 1.82) is 0 Å². The third-order valence-electron chi connectivity index (χ3n) is 4.57. The zero-order valence-corrected chi connectivity index (χ0v) is 14.8. The molecule has 1 aromatic heterocycles.